The van der Waals surface area contributed by atoms with E-state index >= 15 is 0 Å². The summed E-state index contributed by atoms with van der Waals surface area (Å²) in [6, 6.07) is 1.98. The van der Waals surface area contributed by atoms with Gasteiger partial charge in [0, 0.05) is 26.8 Å². The van der Waals surface area contributed by atoms with Gasteiger partial charge in [-0.25, -0.2) is 4.98 Å². The topological polar surface area (TPSA) is 46.2 Å². The molecule has 4 nitrogen and oxygen atoms in total. The molecule has 108 valence electrons. The van der Waals surface area contributed by atoms with Crippen molar-refractivity contribution in [3.8, 4) is 0 Å². The number of hydrogen-bond acceptors (Lipinski definition) is 4. The summed E-state index contributed by atoms with van der Waals surface area (Å²) in [6.07, 6.45) is -3.67. The molecule has 7 heteroatoms. The van der Waals surface area contributed by atoms with Crippen LogP contribution in [0.25, 0.3) is 0 Å². The molecule has 1 aromatic rings. The minimum absolute atomic E-state index is 0.183. The fraction of sp³-hybridized carbons (Fsp3) is 0.583. The first-order valence-corrected chi connectivity index (χ1v) is 6.06. The molecule has 0 bridgehead atoms. The maximum atomic E-state index is 12.7. The summed E-state index contributed by atoms with van der Waals surface area (Å²) in [4.78, 5) is 4.02. The SMILES string of the molecule is CCOCCCNc1cc(C(F)(F)F)cc(NC)n1. The van der Waals surface area contributed by atoms with Crippen LogP contribution >= 0.6 is 0 Å². The molecule has 0 atom stereocenters. The highest BCUT2D eigenvalue weighted by Gasteiger charge is 2.31. The summed E-state index contributed by atoms with van der Waals surface area (Å²) in [5.74, 6) is 0.387. The molecular weight excluding hydrogens is 259 g/mol. The van der Waals surface area contributed by atoms with E-state index in [4.69, 9.17) is 4.74 Å². The maximum absolute atomic E-state index is 12.7. The van der Waals surface area contributed by atoms with E-state index in [-0.39, 0.29) is 11.6 Å². The summed E-state index contributed by atoms with van der Waals surface area (Å²) in [7, 11) is 1.53. The zero-order chi connectivity index (χ0) is 14.3. The van der Waals surface area contributed by atoms with E-state index in [2.05, 4.69) is 15.6 Å². The van der Waals surface area contributed by atoms with Crippen LogP contribution in [-0.2, 0) is 10.9 Å². The highest BCUT2D eigenvalue weighted by Crippen LogP contribution is 2.31. The second-order valence-corrected chi connectivity index (χ2v) is 3.85. The van der Waals surface area contributed by atoms with Crippen molar-refractivity contribution in [1.82, 2.24) is 4.98 Å². The van der Waals surface area contributed by atoms with Gasteiger partial charge in [-0.2, -0.15) is 13.2 Å². The third kappa shape index (κ3) is 5.34. The number of aromatic nitrogens is 1. The van der Waals surface area contributed by atoms with Gasteiger partial charge in [0.25, 0.3) is 0 Å². The molecule has 0 spiro atoms. The molecule has 0 saturated carbocycles. The molecule has 0 radical (unpaired) electrons. The van der Waals surface area contributed by atoms with Crippen LogP contribution in [0.2, 0.25) is 0 Å². The molecular formula is C12H18F3N3O. The first-order valence-electron chi connectivity index (χ1n) is 6.06. The summed E-state index contributed by atoms with van der Waals surface area (Å²) in [5, 5.41) is 5.47. The van der Waals surface area contributed by atoms with Gasteiger partial charge < -0.3 is 15.4 Å². The summed E-state index contributed by atoms with van der Waals surface area (Å²) < 4.78 is 43.2. The van der Waals surface area contributed by atoms with Crippen LogP contribution in [0.5, 0.6) is 0 Å². The van der Waals surface area contributed by atoms with Gasteiger partial charge in [0.15, 0.2) is 0 Å². The van der Waals surface area contributed by atoms with Gasteiger partial charge in [0.2, 0.25) is 0 Å². The average molecular weight is 277 g/mol. The van der Waals surface area contributed by atoms with Crippen LogP contribution in [0.1, 0.15) is 18.9 Å². The Balaban J connectivity index is 2.67. The monoisotopic (exact) mass is 277 g/mol. The quantitative estimate of drug-likeness (QED) is 0.752. The van der Waals surface area contributed by atoms with Crippen molar-refractivity contribution in [1.29, 1.82) is 0 Å². The molecule has 2 N–H and O–H groups in total. The zero-order valence-electron chi connectivity index (χ0n) is 11.0. The predicted octanol–water partition coefficient (Wildman–Crippen LogP) is 2.98. The number of pyridine rings is 1. The smallest absolute Gasteiger partial charge is 0.382 e. The first-order chi connectivity index (χ1) is 8.97. The second kappa shape index (κ2) is 7.18. The van der Waals surface area contributed by atoms with Gasteiger partial charge in [-0.15, -0.1) is 0 Å². The van der Waals surface area contributed by atoms with E-state index in [9.17, 15) is 13.2 Å². The summed E-state index contributed by atoms with van der Waals surface area (Å²) in [6.45, 7) is 3.60. The standard InChI is InChI=1S/C12H18F3N3O/c1-3-19-6-4-5-17-11-8-9(12(13,14)15)7-10(16-2)18-11/h7-8H,3-6H2,1-2H3,(H2,16,17,18). The van der Waals surface area contributed by atoms with Crippen LogP contribution in [0.15, 0.2) is 12.1 Å². The number of rotatable bonds is 7. The Morgan fingerprint density at radius 2 is 1.95 bits per heavy atom. The molecule has 0 aliphatic rings. The first kappa shape index (κ1) is 15.6. The van der Waals surface area contributed by atoms with Crippen molar-refractivity contribution in [3.05, 3.63) is 17.7 Å². The lowest BCUT2D eigenvalue weighted by molar-refractivity contribution is -0.137. The van der Waals surface area contributed by atoms with E-state index in [0.717, 1.165) is 12.1 Å². The predicted molar refractivity (Wildman–Crippen MR) is 68.4 cm³/mol. The second-order valence-electron chi connectivity index (χ2n) is 3.85. The minimum atomic E-state index is -4.38. The van der Waals surface area contributed by atoms with Crippen molar-refractivity contribution >= 4 is 11.6 Å². The van der Waals surface area contributed by atoms with Crippen molar-refractivity contribution in [2.45, 2.75) is 19.5 Å². The van der Waals surface area contributed by atoms with Crippen molar-refractivity contribution in [2.24, 2.45) is 0 Å². The zero-order valence-corrected chi connectivity index (χ0v) is 11.0. The fourth-order valence-corrected chi connectivity index (χ4v) is 1.45. The molecule has 0 aromatic carbocycles. The largest absolute Gasteiger partial charge is 0.416 e. The van der Waals surface area contributed by atoms with Crippen LogP contribution in [0, 0.1) is 0 Å². The van der Waals surface area contributed by atoms with E-state index < -0.39 is 11.7 Å². The molecule has 0 saturated heterocycles. The Morgan fingerprint density at radius 3 is 2.53 bits per heavy atom. The number of nitrogens with one attached hydrogen (secondary N) is 2. The molecule has 0 aliphatic carbocycles. The Kier molecular flexibility index (Phi) is 5.88. The molecule has 0 fully saturated rings. The van der Waals surface area contributed by atoms with Crippen molar-refractivity contribution in [2.75, 3.05) is 37.4 Å². The van der Waals surface area contributed by atoms with Gasteiger partial charge in [0.1, 0.15) is 11.6 Å². The van der Waals surface area contributed by atoms with E-state index in [1.165, 1.54) is 7.05 Å². The lowest BCUT2D eigenvalue weighted by Gasteiger charge is -2.12. The molecule has 1 rings (SSSR count). The lowest BCUT2D eigenvalue weighted by atomic mass is 10.2. The number of anilines is 2. The number of halogens is 3. The number of nitrogens with zero attached hydrogens (tertiary/aromatic N) is 1. The average Bonchev–Trinajstić information content (AvgIpc) is 2.37. The number of ether oxygens (including phenoxy) is 1. The maximum Gasteiger partial charge on any atom is 0.416 e. The van der Waals surface area contributed by atoms with Gasteiger partial charge >= 0.3 is 6.18 Å². The van der Waals surface area contributed by atoms with Crippen molar-refractivity contribution < 1.29 is 17.9 Å². The molecule has 0 amide bonds. The van der Waals surface area contributed by atoms with Crippen LogP contribution in [0.3, 0.4) is 0 Å². The Bertz CT molecular complexity index is 396. The van der Waals surface area contributed by atoms with Crippen LogP contribution < -0.4 is 10.6 Å². The van der Waals surface area contributed by atoms with E-state index in [1.54, 1.807) is 0 Å². The highest BCUT2D eigenvalue weighted by molar-refractivity contribution is 5.49. The Morgan fingerprint density at radius 1 is 1.26 bits per heavy atom. The number of hydrogen-bond donors (Lipinski definition) is 2. The number of alkyl halides is 3. The van der Waals surface area contributed by atoms with Gasteiger partial charge in [-0.05, 0) is 25.5 Å². The Labute approximate surface area is 110 Å². The third-order valence-corrected chi connectivity index (χ3v) is 2.38. The summed E-state index contributed by atoms with van der Waals surface area (Å²) >= 11 is 0. The van der Waals surface area contributed by atoms with E-state index in [0.29, 0.717) is 26.2 Å². The van der Waals surface area contributed by atoms with Gasteiger partial charge in [-0.1, -0.05) is 0 Å². The molecule has 19 heavy (non-hydrogen) atoms. The fourth-order valence-electron chi connectivity index (χ4n) is 1.45. The summed E-state index contributed by atoms with van der Waals surface area (Å²) in [5.41, 5.74) is -0.723. The third-order valence-electron chi connectivity index (χ3n) is 2.38. The molecule has 0 unspecified atom stereocenters. The lowest BCUT2D eigenvalue weighted by Crippen LogP contribution is -2.11. The van der Waals surface area contributed by atoms with Crippen LogP contribution in [0.4, 0.5) is 24.8 Å². The van der Waals surface area contributed by atoms with Crippen LogP contribution in [-0.4, -0.2) is 31.8 Å². The molecule has 1 aromatic heterocycles. The minimum Gasteiger partial charge on any atom is -0.382 e. The normalized spacial score (nSPS) is 11.4. The highest BCUT2D eigenvalue weighted by atomic mass is 19.4. The molecule has 1 heterocycles. The van der Waals surface area contributed by atoms with E-state index in [1.807, 2.05) is 6.92 Å². The van der Waals surface area contributed by atoms with Gasteiger partial charge in [0.05, 0.1) is 5.56 Å². The van der Waals surface area contributed by atoms with Gasteiger partial charge in [-0.3, -0.25) is 0 Å². The Hall–Kier alpha value is -1.50. The van der Waals surface area contributed by atoms with Crippen molar-refractivity contribution in [3.63, 3.8) is 0 Å². The molecule has 0 aliphatic heterocycles.